The number of amides is 2. The lowest BCUT2D eigenvalue weighted by Crippen LogP contribution is -2.49. The topological polar surface area (TPSA) is 53.1 Å². The van der Waals surface area contributed by atoms with Crippen LogP contribution in [0.25, 0.3) is 5.57 Å². The van der Waals surface area contributed by atoms with E-state index in [1.807, 2.05) is 40.1 Å². The van der Waals surface area contributed by atoms with E-state index in [0.29, 0.717) is 32.0 Å². The highest BCUT2D eigenvalue weighted by molar-refractivity contribution is 6.20. The molecule has 1 spiro atoms. The van der Waals surface area contributed by atoms with Gasteiger partial charge in [-0.1, -0.05) is 18.2 Å². The van der Waals surface area contributed by atoms with Crippen molar-refractivity contribution in [1.29, 1.82) is 0 Å². The van der Waals surface area contributed by atoms with Gasteiger partial charge >= 0.3 is 0 Å². The molecule has 2 amide bonds. The lowest BCUT2D eigenvalue weighted by Gasteiger charge is -2.43. The van der Waals surface area contributed by atoms with Crippen molar-refractivity contribution in [3.8, 4) is 5.75 Å². The van der Waals surface area contributed by atoms with Crippen molar-refractivity contribution in [2.24, 2.45) is 0 Å². The molecule has 0 N–H and O–H groups in total. The van der Waals surface area contributed by atoms with E-state index in [9.17, 15) is 9.59 Å². The summed E-state index contributed by atoms with van der Waals surface area (Å²) in [5.41, 5.74) is 1.12. The number of benzene rings is 1. The number of carbonyl (C=O) groups is 2. The van der Waals surface area contributed by atoms with Crippen molar-refractivity contribution in [3.63, 3.8) is 0 Å². The fourth-order valence-corrected chi connectivity index (χ4v) is 4.51. The summed E-state index contributed by atoms with van der Waals surface area (Å²) in [6.45, 7) is 4.46. The predicted octanol–water partition coefficient (Wildman–Crippen LogP) is 2.01. The first-order chi connectivity index (χ1) is 13.4. The van der Waals surface area contributed by atoms with Crippen molar-refractivity contribution in [3.05, 3.63) is 35.9 Å². The summed E-state index contributed by atoms with van der Waals surface area (Å²) in [5.74, 6) is 0.958. The van der Waals surface area contributed by atoms with Crippen LogP contribution < -0.4 is 4.74 Å². The third-order valence-corrected chi connectivity index (χ3v) is 6.36. The molecule has 1 atom stereocenters. The first-order valence-electron chi connectivity index (χ1n) is 10.1. The predicted molar refractivity (Wildman–Crippen MR) is 108 cm³/mol. The molecule has 4 rings (SSSR count). The smallest absolute Gasteiger partial charge is 0.254 e. The van der Waals surface area contributed by atoms with Gasteiger partial charge in [-0.2, -0.15) is 0 Å². The summed E-state index contributed by atoms with van der Waals surface area (Å²) in [7, 11) is 4.14. The molecule has 3 heterocycles. The van der Waals surface area contributed by atoms with Gasteiger partial charge in [-0.25, -0.2) is 0 Å². The molecular weight excluding hydrogens is 354 g/mol. The van der Waals surface area contributed by atoms with Crippen LogP contribution in [0.15, 0.2) is 30.3 Å². The molecule has 0 bridgehead atoms. The van der Waals surface area contributed by atoms with E-state index < -0.39 is 5.60 Å². The second-order valence-electron chi connectivity index (χ2n) is 8.38. The van der Waals surface area contributed by atoms with Crippen LogP contribution in [0.5, 0.6) is 5.75 Å². The lowest BCUT2D eigenvalue weighted by molar-refractivity contribution is -0.131. The summed E-state index contributed by atoms with van der Waals surface area (Å²) in [6.07, 6.45) is 4.46. The Hall–Kier alpha value is -2.34. The number of hydrogen-bond donors (Lipinski definition) is 0. The quantitative estimate of drug-likeness (QED) is 0.784. The highest BCUT2D eigenvalue weighted by atomic mass is 16.5. The normalized spacial score (nSPS) is 23.4. The maximum Gasteiger partial charge on any atom is 0.254 e. The van der Waals surface area contributed by atoms with E-state index in [0.717, 1.165) is 36.4 Å². The number of likely N-dealkylation sites (N-methyl/N-ethyl adjacent to an activating group) is 1. The Labute approximate surface area is 166 Å². The third kappa shape index (κ3) is 3.41. The van der Waals surface area contributed by atoms with E-state index in [1.54, 1.807) is 6.92 Å². The molecule has 150 valence electrons. The van der Waals surface area contributed by atoms with E-state index in [-0.39, 0.29) is 11.8 Å². The van der Waals surface area contributed by atoms with E-state index >= 15 is 0 Å². The van der Waals surface area contributed by atoms with Crippen LogP contribution in [0.3, 0.4) is 0 Å². The van der Waals surface area contributed by atoms with Crippen molar-refractivity contribution < 1.29 is 14.3 Å². The van der Waals surface area contributed by atoms with Crippen molar-refractivity contribution in [1.82, 2.24) is 14.7 Å². The van der Waals surface area contributed by atoms with Gasteiger partial charge in [0.05, 0.1) is 5.57 Å². The van der Waals surface area contributed by atoms with Crippen LogP contribution >= 0.6 is 0 Å². The first-order valence-corrected chi connectivity index (χ1v) is 10.1. The summed E-state index contributed by atoms with van der Waals surface area (Å²) < 4.78 is 6.40. The average molecular weight is 383 g/mol. The Balaban J connectivity index is 1.63. The average Bonchev–Trinajstić information content (AvgIpc) is 3.18. The van der Waals surface area contributed by atoms with Crippen LogP contribution in [-0.2, 0) is 9.59 Å². The standard InChI is InChI=1S/C22H29N3O3/c1-16(26)24-12-9-22(10-13-24)14-19(18-6-4-5-7-20(18)28-22)21(27)25-11-8-17(15-25)23(2)3/h4-7,14,17H,8-13,15H2,1-3H3/t17-/m1/s1. The van der Waals surface area contributed by atoms with Gasteiger partial charge in [0, 0.05) is 57.5 Å². The third-order valence-electron chi connectivity index (χ3n) is 6.36. The maximum atomic E-state index is 13.4. The first kappa shape index (κ1) is 19.0. The number of nitrogens with zero attached hydrogens (tertiary/aromatic N) is 3. The number of rotatable bonds is 2. The monoisotopic (exact) mass is 383 g/mol. The Morgan fingerprint density at radius 1 is 1.11 bits per heavy atom. The molecule has 28 heavy (non-hydrogen) atoms. The minimum absolute atomic E-state index is 0.0912. The fraction of sp³-hybridized carbons (Fsp3) is 0.545. The van der Waals surface area contributed by atoms with Gasteiger partial charge in [0.2, 0.25) is 5.91 Å². The van der Waals surface area contributed by atoms with Crippen molar-refractivity contribution >= 4 is 17.4 Å². The van der Waals surface area contributed by atoms with Gasteiger partial charge < -0.3 is 19.4 Å². The maximum absolute atomic E-state index is 13.4. The number of hydrogen-bond acceptors (Lipinski definition) is 4. The van der Waals surface area contributed by atoms with Crippen molar-refractivity contribution in [2.75, 3.05) is 40.3 Å². The second kappa shape index (κ2) is 7.24. The van der Waals surface area contributed by atoms with E-state index in [2.05, 4.69) is 19.0 Å². The molecule has 1 aromatic rings. The summed E-state index contributed by atoms with van der Waals surface area (Å²) in [5, 5.41) is 0. The highest BCUT2D eigenvalue weighted by Crippen LogP contribution is 2.41. The molecule has 3 aliphatic rings. The Kier molecular flexibility index (Phi) is 4.91. The summed E-state index contributed by atoms with van der Waals surface area (Å²) >= 11 is 0. The highest BCUT2D eigenvalue weighted by Gasteiger charge is 2.41. The molecule has 6 heteroatoms. The van der Waals surface area contributed by atoms with Crippen LogP contribution in [0.4, 0.5) is 0 Å². The van der Waals surface area contributed by atoms with Gasteiger partial charge in [-0.15, -0.1) is 0 Å². The zero-order valence-corrected chi connectivity index (χ0v) is 17.0. The number of ether oxygens (including phenoxy) is 1. The molecule has 0 aliphatic carbocycles. The largest absolute Gasteiger partial charge is 0.482 e. The number of piperidine rings is 1. The number of likely N-dealkylation sites (tertiary alicyclic amines) is 2. The number of fused-ring (bicyclic) bond motifs is 1. The Bertz CT molecular complexity index is 809. The molecule has 2 fully saturated rings. The molecule has 0 saturated carbocycles. The van der Waals surface area contributed by atoms with Gasteiger partial charge in [0.15, 0.2) is 0 Å². The molecule has 3 aliphatic heterocycles. The molecule has 1 aromatic carbocycles. The van der Waals surface area contributed by atoms with Crippen LogP contribution in [0.1, 0.15) is 31.7 Å². The molecule has 6 nitrogen and oxygen atoms in total. The van der Waals surface area contributed by atoms with Crippen molar-refractivity contribution in [2.45, 2.75) is 37.8 Å². The van der Waals surface area contributed by atoms with Crippen LogP contribution in [-0.4, -0.2) is 78.4 Å². The Morgan fingerprint density at radius 3 is 2.46 bits per heavy atom. The minimum atomic E-state index is -0.508. The molecular formula is C22H29N3O3. The fourth-order valence-electron chi connectivity index (χ4n) is 4.51. The SMILES string of the molecule is CC(=O)N1CCC2(C=C(C(=O)N3CC[C@@H](N(C)C)C3)c3ccccc3O2)CC1. The minimum Gasteiger partial charge on any atom is -0.482 e. The summed E-state index contributed by atoms with van der Waals surface area (Å²) in [6, 6.07) is 8.22. The van der Waals surface area contributed by atoms with Gasteiger partial charge in [-0.3, -0.25) is 9.59 Å². The van der Waals surface area contributed by atoms with E-state index in [1.165, 1.54) is 0 Å². The van der Waals surface area contributed by atoms with Gasteiger partial charge in [0.25, 0.3) is 5.91 Å². The van der Waals surface area contributed by atoms with Crippen LogP contribution in [0.2, 0.25) is 0 Å². The lowest BCUT2D eigenvalue weighted by atomic mass is 9.84. The zero-order valence-electron chi connectivity index (χ0n) is 17.0. The van der Waals surface area contributed by atoms with Crippen LogP contribution in [0, 0.1) is 0 Å². The number of para-hydroxylation sites is 1. The molecule has 0 radical (unpaired) electrons. The Morgan fingerprint density at radius 2 is 1.82 bits per heavy atom. The van der Waals surface area contributed by atoms with Gasteiger partial charge in [0.1, 0.15) is 11.4 Å². The van der Waals surface area contributed by atoms with E-state index in [4.69, 9.17) is 4.74 Å². The zero-order chi connectivity index (χ0) is 19.9. The number of carbonyl (C=O) groups excluding carboxylic acids is 2. The summed E-state index contributed by atoms with van der Waals surface area (Å²) in [4.78, 5) is 31.2. The van der Waals surface area contributed by atoms with Gasteiger partial charge in [-0.05, 0) is 32.7 Å². The molecule has 0 unspecified atom stereocenters. The molecule has 2 saturated heterocycles. The second-order valence-corrected chi connectivity index (χ2v) is 8.38. The molecule has 0 aromatic heterocycles.